The van der Waals surface area contributed by atoms with Gasteiger partial charge in [-0.25, -0.2) is 0 Å². The number of hydrogen-bond acceptors (Lipinski definition) is 3. The number of unbranched alkanes of at least 4 members (excludes halogenated alkanes) is 1. The van der Waals surface area contributed by atoms with E-state index in [2.05, 4.69) is 0 Å². The highest BCUT2D eigenvalue weighted by Gasteiger charge is 2.03. The monoisotopic (exact) mass is 177 g/mol. The smallest absolute Gasteiger partial charge is 0.134 e. The number of methoxy groups -OCH3 is 2. The van der Waals surface area contributed by atoms with Gasteiger partial charge in [0.2, 0.25) is 0 Å². The predicted molar refractivity (Wildman–Crippen MR) is 49.4 cm³/mol. The zero-order chi connectivity index (χ0) is 8.53. The maximum atomic E-state index is 5.36. The second-order valence-corrected chi connectivity index (χ2v) is 4.49. The summed E-state index contributed by atoms with van der Waals surface area (Å²) in [4.78, 5) is 0. The second kappa shape index (κ2) is 8.20. The van der Waals surface area contributed by atoms with Gasteiger partial charge >= 0.3 is 0 Å². The summed E-state index contributed by atoms with van der Waals surface area (Å²) >= 11 is 0. The van der Waals surface area contributed by atoms with Crippen LogP contribution in [-0.4, -0.2) is 36.2 Å². The summed E-state index contributed by atoms with van der Waals surface area (Å²) in [5.74, 6) is 0.104. The topological polar surface area (TPSA) is 44.5 Å². The first-order valence-electron chi connectivity index (χ1n) is 4.10. The minimum absolute atomic E-state index is 0.104. The first-order valence-corrected chi connectivity index (χ1v) is 5.92. The molecule has 4 heteroatoms. The van der Waals surface area contributed by atoms with Crippen molar-refractivity contribution in [3.8, 4) is 0 Å². The molecule has 3 nitrogen and oxygen atoms in total. The molecule has 0 fully saturated rings. The van der Waals surface area contributed by atoms with Crippen molar-refractivity contribution in [1.29, 1.82) is 0 Å². The number of ether oxygens (including phenoxy) is 2. The molecule has 0 saturated carbocycles. The second-order valence-electron chi connectivity index (χ2n) is 2.54. The maximum Gasteiger partial charge on any atom is 0.134 e. The number of nitrogens with two attached hydrogens (primary N) is 1. The third kappa shape index (κ3) is 6.49. The van der Waals surface area contributed by atoms with Crippen molar-refractivity contribution in [3.05, 3.63) is 0 Å². The molecule has 0 aliphatic rings. The SMILES string of the molecule is COC(OC)[SiH2]CCCCN. The molecular formula is C7H19NO2Si. The molecule has 0 amide bonds. The fourth-order valence-corrected chi connectivity index (χ4v) is 2.41. The van der Waals surface area contributed by atoms with Gasteiger partial charge in [-0.15, -0.1) is 0 Å². The summed E-state index contributed by atoms with van der Waals surface area (Å²) in [6, 6.07) is 1.27. The summed E-state index contributed by atoms with van der Waals surface area (Å²) in [5.41, 5.74) is 5.36. The van der Waals surface area contributed by atoms with E-state index in [1.165, 1.54) is 12.5 Å². The molecule has 0 saturated heterocycles. The summed E-state index contributed by atoms with van der Waals surface area (Å²) in [7, 11) is 3.20. The van der Waals surface area contributed by atoms with E-state index < -0.39 is 0 Å². The fourth-order valence-electron chi connectivity index (χ4n) is 0.964. The van der Waals surface area contributed by atoms with E-state index in [0.717, 1.165) is 13.0 Å². The first kappa shape index (κ1) is 11.1. The van der Waals surface area contributed by atoms with E-state index in [1.54, 1.807) is 14.2 Å². The Hall–Kier alpha value is 0.0969. The van der Waals surface area contributed by atoms with Gasteiger partial charge in [0, 0.05) is 14.2 Å². The van der Waals surface area contributed by atoms with E-state index >= 15 is 0 Å². The highest BCUT2D eigenvalue weighted by Crippen LogP contribution is 1.98. The van der Waals surface area contributed by atoms with Crippen LogP contribution in [0.15, 0.2) is 0 Å². The Labute approximate surface area is 71.1 Å². The van der Waals surface area contributed by atoms with Crippen LogP contribution in [-0.2, 0) is 9.47 Å². The van der Waals surface area contributed by atoms with Crippen molar-refractivity contribution in [3.63, 3.8) is 0 Å². The van der Waals surface area contributed by atoms with Crippen molar-refractivity contribution in [2.24, 2.45) is 5.73 Å². The summed E-state index contributed by atoms with van der Waals surface area (Å²) in [5, 5.41) is 0. The Balaban J connectivity index is 3.07. The molecule has 0 aliphatic carbocycles. The van der Waals surface area contributed by atoms with E-state index in [-0.39, 0.29) is 15.4 Å². The van der Waals surface area contributed by atoms with Crippen LogP contribution in [0.4, 0.5) is 0 Å². The van der Waals surface area contributed by atoms with Gasteiger partial charge in [-0.2, -0.15) is 0 Å². The van der Waals surface area contributed by atoms with Crippen molar-refractivity contribution in [2.75, 3.05) is 20.8 Å². The molecule has 0 heterocycles. The molecule has 2 N–H and O–H groups in total. The van der Waals surface area contributed by atoms with Gasteiger partial charge in [0.1, 0.15) is 5.91 Å². The number of rotatable bonds is 7. The third-order valence-electron chi connectivity index (χ3n) is 1.67. The van der Waals surface area contributed by atoms with Gasteiger partial charge < -0.3 is 15.2 Å². The standard InChI is InChI=1S/C7H19NO2Si/c1-9-7(10-2)11-6-4-3-5-8/h7H,3-6,8,11H2,1-2H3. The molecule has 0 aromatic rings. The molecule has 68 valence electrons. The minimum atomic E-state index is -0.195. The van der Waals surface area contributed by atoms with Crippen LogP contribution in [0.25, 0.3) is 0 Å². The van der Waals surface area contributed by atoms with Crippen LogP contribution >= 0.6 is 0 Å². The molecule has 0 atom stereocenters. The van der Waals surface area contributed by atoms with E-state index in [4.69, 9.17) is 15.2 Å². The van der Waals surface area contributed by atoms with Gasteiger partial charge in [0.25, 0.3) is 0 Å². The highest BCUT2D eigenvalue weighted by atomic mass is 28.2. The van der Waals surface area contributed by atoms with Crippen LogP contribution in [0.5, 0.6) is 0 Å². The largest absolute Gasteiger partial charge is 0.360 e. The average molecular weight is 177 g/mol. The lowest BCUT2D eigenvalue weighted by Gasteiger charge is -2.11. The van der Waals surface area contributed by atoms with Crippen molar-refractivity contribution < 1.29 is 9.47 Å². The summed E-state index contributed by atoms with van der Waals surface area (Å²) in [6.45, 7) is 0.805. The van der Waals surface area contributed by atoms with Gasteiger partial charge in [0.05, 0.1) is 9.52 Å². The molecule has 0 aromatic heterocycles. The molecule has 0 bridgehead atoms. The zero-order valence-electron chi connectivity index (χ0n) is 7.51. The normalized spacial score (nSPS) is 12.0. The van der Waals surface area contributed by atoms with Crippen molar-refractivity contribution in [2.45, 2.75) is 24.8 Å². The molecule has 11 heavy (non-hydrogen) atoms. The van der Waals surface area contributed by atoms with Crippen molar-refractivity contribution >= 4 is 9.52 Å². The Morgan fingerprint density at radius 2 is 1.91 bits per heavy atom. The molecule has 0 aliphatic heterocycles. The lowest BCUT2D eigenvalue weighted by Crippen LogP contribution is -2.21. The Kier molecular flexibility index (Phi) is 8.27. The Morgan fingerprint density at radius 1 is 1.27 bits per heavy atom. The predicted octanol–water partition coefficient (Wildman–Crippen LogP) is -0.111. The fraction of sp³-hybridized carbons (Fsp3) is 1.00. The third-order valence-corrected chi connectivity index (χ3v) is 3.72. The van der Waals surface area contributed by atoms with Crippen LogP contribution in [0.2, 0.25) is 6.04 Å². The van der Waals surface area contributed by atoms with Gasteiger partial charge in [-0.05, 0) is 13.0 Å². The summed E-state index contributed by atoms with van der Waals surface area (Å²) < 4.78 is 10.2. The lowest BCUT2D eigenvalue weighted by molar-refractivity contribution is -0.0441. The lowest BCUT2D eigenvalue weighted by atomic mass is 10.3. The van der Waals surface area contributed by atoms with Gasteiger partial charge in [-0.3, -0.25) is 0 Å². The number of hydrogen-bond donors (Lipinski definition) is 1. The molecular weight excluding hydrogens is 158 g/mol. The van der Waals surface area contributed by atoms with Crippen LogP contribution in [0.1, 0.15) is 12.8 Å². The van der Waals surface area contributed by atoms with E-state index in [9.17, 15) is 0 Å². The molecule has 0 radical (unpaired) electrons. The van der Waals surface area contributed by atoms with Crippen molar-refractivity contribution in [1.82, 2.24) is 0 Å². The van der Waals surface area contributed by atoms with Crippen LogP contribution in [0.3, 0.4) is 0 Å². The summed E-state index contributed by atoms with van der Waals surface area (Å²) in [6.07, 6.45) is 2.36. The Bertz CT molecular complexity index is 78.8. The van der Waals surface area contributed by atoms with Crippen LogP contribution in [0, 0.1) is 0 Å². The minimum Gasteiger partial charge on any atom is -0.360 e. The molecule has 0 spiro atoms. The first-order chi connectivity index (χ1) is 5.35. The maximum absolute atomic E-state index is 5.36. The zero-order valence-corrected chi connectivity index (χ0v) is 8.92. The highest BCUT2D eigenvalue weighted by molar-refractivity contribution is 6.36. The van der Waals surface area contributed by atoms with Crippen LogP contribution < -0.4 is 5.73 Å². The van der Waals surface area contributed by atoms with E-state index in [1.807, 2.05) is 0 Å². The molecule has 0 unspecified atom stereocenters. The Morgan fingerprint density at radius 3 is 2.36 bits per heavy atom. The van der Waals surface area contributed by atoms with Gasteiger partial charge in [0.15, 0.2) is 0 Å². The van der Waals surface area contributed by atoms with Gasteiger partial charge in [-0.1, -0.05) is 12.5 Å². The molecule has 0 aromatic carbocycles. The van der Waals surface area contributed by atoms with E-state index in [0.29, 0.717) is 0 Å². The molecule has 0 rings (SSSR count). The quantitative estimate of drug-likeness (QED) is 0.335. The average Bonchev–Trinajstić information content (AvgIpc) is 2.05.